The minimum Gasteiger partial charge on any atom is -1.00 e. The van der Waals surface area contributed by atoms with Gasteiger partial charge in [0.1, 0.15) is 6.04 Å². The molecule has 4 saturated heterocycles. The monoisotopic (exact) mass is 448 g/mol. The fourth-order valence-electron chi connectivity index (χ4n) is 9.23. The van der Waals surface area contributed by atoms with Gasteiger partial charge in [-0.15, -0.1) is 0 Å². The molecule has 0 aromatic heterocycles. The van der Waals surface area contributed by atoms with Crippen LogP contribution in [0.3, 0.4) is 0 Å². The van der Waals surface area contributed by atoms with Gasteiger partial charge in [0.25, 0.3) is 0 Å². The molecule has 1 saturated carbocycles. The van der Waals surface area contributed by atoms with E-state index in [2.05, 4.69) is 50.1 Å². The summed E-state index contributed by atoms with van der Waals surface area (Å²) >= 11 is 0. The van der Waals surface area contributed by atoms with Crippen molar-refractivity contribution >= 4 is 5.69 Å². The molecular formula is C23H33BrN2O2. The molecule has 5 fully saturated rings. The van der Waals surface area contributed by atoms with E-state index in [0.717, 1.165) is 30.3 Å². The molecule has 0 radical (unpaired) electrons. The van der Waals surface area contributed by atoms with Crippen LogP contribution in [0.5, 0.6) is 0 Å². The van der Waals surface area contributed by atoms with Gasteiger partial charge in [0.2, 0.25) is 0 Å². The molecule has 5 heteroatoms. The van der Waals surface area contributed by atoms with Crippen molar-refractivity contribution in [3.63, 3.8) is 0 Å². The van der Waals surface area contributed by atoms with Crippen LogP contribution in [0.15, 0.2) is 24.3 Å². The summed E-state index contributed by atoms with van der Waals surface area (Å²) in [4.78, 5) is 2.48. The molecule has 5 bridgehead atoms. The second-order valence-electron chi connectivity index (χ2n) is 10.1. The summed E-state index contributed by atoms with van der Waals surface area (Å²) in [5, 5.41) is 23.6. The standard InChI is InChI=1S/C23H33N2O2.BrH/c1-4-10-25-17-11-14(13(5-2)22(25)27)19-18(25)12-23(21(19)26)15-8-6-7-9-16(15)24(3)20(17)23;/h6-9,13-14,17-22,26-27H,4-5,10-12H2,1-3H3;1H/q+1;/p-1/t13?,14-,17+,18?,19?,20?,21?,22-,23?,25?;/m1./s1. The van der Waals surface area contributed by atoms with E-state index in [0.29, 0.717) is 35.9 Å². The summed E-state index contributed by atoms with van der Waals surface area (Å²) in [7, 11) is 2.23. The van der Waals surface area contributed by atoms with Crippen molar-refractivity contribution in [2.45, 2.75) is 75.4 Å². The lowest BCUT2D eigenvalue weighted by Gasteiger charge is -2.68. The van der Waals surface area contributed by atoms with Crippen LogP contribution in [0.1, 0.15) is 45.1 Å². The lowest BCUT2D eigenvalue weighted by molar-refractivity contribution is -1.04. The molecule has 1 aromatic rings. The minimum absolute atomic E-state index is 0. The first-order chi connectivity index (χ1) is 13.0. The van der Waals surface area contributed by atoms with Gasteiger partial charge in [-0.25, -0.2) is 0 Å². The number of hydrogen-bond donors (Lipinski definition) is 2. The van der Waals surface area contributed by atoms with Crippen LogP contribution >= 0.6 is 0 Å². The van der Waals surface area contributed by atoms with Crippen molar-refractivity contribution < 1.29 is 31.7 Å². The Morgan fingerprint density at radius 3 is 2.64 bits per heavy atom. The Morgan fingerprint density at radius 1 is 1.18 bits per heavy atom. The number of nitrogens with zero attached hydrogens (tertiary/aromatic N) is 2. The number of hydrogen-bond acceptors (Lipinski definition) is 3. The first-order valence-electron chi connectivity index (χ1n) is 11.1. The fraction of sp³-hybridized carbons (Fsp3) is 0.739. The van der Waals surface area contributed by atoms with Gasteiger partial charge in [0.05, 0.1) is 30.1 Å². The van der Waals surface area contributed by atoms with Crippen molar-refractivity contribution in [2.75, 3.05) is 18.5 Å². The third-order valence-electron chi connectivity index (χ3n) is 9.73. The smallest absolute Gasteiger partial charge is 0.194 e. The van der Waals surface area contributed by atoms with Crippen molar-refractivity contribution in [1.29, 1.82) is 0 Å². The molecular weight excluding hydrogens is 416 g/mol. The zero-order chi connectivity index (χ0) is 18.7. The first-order valence-corrected chi connectivity index (χ1v) is 11.1. The summed E-state index contributed by atoms with van der Waals surface area (Å²) < 4.78 is 0.873. The van der Waals surface area contributed by atoms with E-state index in [1.165, 1.54) is 17.7 Å². The Kier molecular flexibility index (Phi) is 4.12. The van der Waals surface area contributed by atoms with Gasteiger partial charge in [0.15, 0.2) is 6.23 Å². The number of para-hydroxylation sites is 1. The fourth-order valence-corrected chi connectivity index (χ4v) is 9.23. The number of anilines is 1. The lowest BCUT2D eigenvalue weighted by Crippen LogP contribution is -3.00. The van der Waals surface area contributed by atoms with Crippen LogP contribution < -0.4 is 21.9 Å². The quantitative estimate of drug-likeness (QED) is 0.611. The highest BCUT2D eigenvalue weighted by atomic mass is 79.9. The SMILES string of the molecule is CCC[N+]12C3CC45c6ccccc6N(C)C4[C@@H]1C[C@@H](C3C5O)C(CC)[C@H]2O.[Br-]. The lowest BCUT2D eigenvalue weighted by atomic mass is 9.60. The van der Waals surface area contributed by atoms with Crippen molar-refractivity contribution in [3.05, 3.63) is 29.8 Å². The van der Waals surface area contributed by atoms with E-state index in [9.17, 15) is 10.2 Å². The molecule has 5 aliphatic heterocycles. The van der Waals surface area contributed by atoms with Crippen LogP contribution in [-0.4, -0.2) is 58.7 Å². The molecule has 1 aromatic carbocycles. The van der Waals surface area contributed by atoms with E-state index >= 15 is 0 Å². The molecule has 2 N–H and O–H groups in total. The Bertz CT molecular complexity index is 805. The molecule has 1 spiro atoms. The number of likely N-dealkylation sites (N-methyl/N-ethyl adjacent to an activating group) is 1. The third-order valence-corrected chi connectivity index (χ3v) is 9.73. The number of piperidine rings is 4. The van der Waals surface area contributed by atoms with Gasteiger partial charge < -0.3 is 32.1 Å². The highest BCUT2D eigenvalue weighted by Crippen LogP contribution is 2.71. The Hall–Kier alpha value is -0.620. The number of rotatable bonds is 3. The topological polar surface area (TPSA) is 43.7 Å². The molecule has 0 amide bonds. The van der Waals surface area contributed by atoms with Gasteiger partial charge in [-0.05, 0) is 30.4 Å². The number of benzene rings is 1. The highest BCUT2D eigenvalue weighted by Gasteiger charge is 2.82. The van der Waals surface area contributed by atoms with Gasteiger partial charge in [-0.2, -0.15) is 0 Å². The average Bonchev–Trinajstić information content (AvgIpc) is 3.06. The molecule has 5 heterocycles. The van der Waals surface area contributed by atoms with Gasteiger partial charge in [-0.3, -0.25) is 4.48 Å². The van der Waals surface area contributed by atoms with Crippen LogP contribution in [0, 0.1) is 17.8 Å². The normalized spacial score (nSPS) is 51.8. The number of quaternary nitrogens is 1. The number of fused-ring (bicyclic) bond motifs is 2. The minimum atomic E-state index is -0.271. The first kappa shape index (κ1) is 19.3. The predicted molar refractivity (Wildman–Crippen MR) is 105 cm³/mol. The summed E-state index contributed by atoms with van der Waals surface area (Å²) in [5.74, 6) is 1.18. The average molecular weight is 449 g/mol. The second-order valence-corrected chi connectivity index (χ2v) is 10.1. The number of aliphatic hydroxyl groups excluding tert-OH is 2. The zero-order valence-electron chi connectivity index (χ0n) is 17.1. The van der Waals surface area contributed by atoms with Crippen molar-refractivity contribution in [2.24, 2.45) is 17.8 Å². The van der Waals surface area contributed by atoms with Crippen LogP contribution in [0.2, 0.25) is 0 Å². The van der Waals surface area contributed by atoms with Gasteiger partial charge in [-0.1, -0.05) is 32.0 Å². The highest BCUT2D eigenvalue weighted by molar-refractivity contribution is 5.66. The van der Waals surface area contributed by atoms with Crippen LogP contribution in [0.25, 0.3) is 0 Å². The van der Waals surface area contributed by atoms with Gasteiger partial charge >= 0.3 is 0 Å². The summed E-state index contributed by atoms with van der Waals surface area (Å²) in [5.41, 5.74) is 2.56. The van der Waals surface area contributed by atoms with E-state index in [4.69, 9.17) is 0 Å². The van der Waals surface area contributed by atoms with Crippen molar-refractivity contribution in [1.82, 2.24) is 0 Å². The molecule has 1 aliphatic carbocycles. The van der Waals surface area contributed by atoms with E-state index in [1.807, 2.05) is 0 Å². The molecule has 28 heavy (non-hydrogen) atoms. The summed E-state index contributed by atoms with van der Waals surface area (Å²) in [6.45, 7) is 5.56. The maximum atomic E-state index is 11.9. The van der Waals surface area contributed by atoms with Gasteiger partial charge in [0, 0.05) is 37.4 Å². The molecule has 154 valence electrons. The molecule has 7 unspecified atom stereocenters. The summed E-state index contributed by atoms with van der Waals surface area (Å²) in [6.07, 6.45) is 3.84. The van der Waals surface area contributed by atoms with Crippen LogP contribution in [-0.2, 0) is 5.41 Å². The largest absolute Gasteiger partial charge is 1.00 e. The van der Waals surface area contributed by atoms with Crippen LogP contribution in [0.4, 0.5) is 5.69 Å². The molecule has 10 atom stereocenters. The maximum absolute atomic E-state index is 11.9. The molecule has 6 aliphatic rings. The predicted octanol–water partition coefficient (Wildman–Crippen LogP) is -0.517. The van der Waals surface area contributed by atoms with E-state index in [1.54, 1.807) is 0 Å². The maximum Gasteiger partial charge on any atom is 0.194 e. The Morgan fingerprint density at radius 2 is 1.93 bits per heavy atom. The Balaban J connectivity index is 0.00000171. The third kappa shape index (κ3) is 1.73. The second kappa shape index (κ2) is 5.96. The zero-order valence-corrected chi connectivity index (χ0v) is 18.7. The van der Waals surface area contributed by atoms with E-state index < -0.39 is 0 Å². The van der Waals surface area contributed by atoms with E-state index in [-0.39, 0.29) is 34.7 Å². The number of halogens is 1. The Labute approximate surface area is 178 Å². The van der Waals surface area contributed by atoms with Crippen molar-refractivity contribution in [3.8, 4) is 0 Å². The summed E-state index contributed by atoms with van der Waals surface area (Å²) in [6, 6.07) is 9.97. The molecule has 7 rings (SSSR count). The molecule has 4 nitrogen and oxygen atoms in total. The number of aliphatic hydroxyl groups is 2.